The number of hydrogen-bond donors (Lipinski definition) is 1. The zero-order chi connectivity index (χ0) is 12.1. The van der Waals surface area contributed by atoms with Crippen LogP contribution in [0.4, 0.5) is 5.95 Å². The second kappa shape index (κ2) is 5.34. The summed E-state index contributed by atoms with van der Waals surface area (Å²) in [5, 5.41) is 3.27. The van der Waals surface area contributed by atoms with Crippen LogP contribution < -0.4 is 10.1 Å². The van der Waals surface area contributed by atoms with Gasteiger partial charge < -0.3 is 14.6 Å². The molecule has 5 heteroatoms. The maximum absolute atomic E-state index is 5.01. The summed E-state index contributed by atoms with van der Waals surface area (Å²) in [5.74, 6) is 1.51. The van der Waals surface area contributed by atoms with Crippen LogP contribution in [0, 0.1) is 0 Å². The second-order valence-electron chi connectivity index (χ2n) is 3.60. The normalized spacial score (nSPS) is 10.2. The van der Waals surface area contributed by atoms with Crippen LogP contribution in [0.25, 0.3) is 0 Å². The summed E-state index contributed by atoms with van der Waals surface area (Å²) in [6.07, 6.45) is 5.54. The number of ether oxygens (including phenoxy) is 1. The molecule has 0 aliphatic rings. The minimum absolute atomic E-state index is 0.629. The number of nitrogens with one attached hydrogen (secondary N) is 1. The summed E-state index contributed by atoms with van der Waals surface area (Å²) in [7, 11) is 1.61. The number of aromatic nitrogens is 3. The molecule has 0 bridgehead atoms. The maximum Gasteiger partial charge on any atom is 0.212 e. The van der Waals surface area contributed by atoms with Gasteiger partial charge in [0, 0.05) is 37.7 Å². The Kier molecular flexibility index (Phi) is 3.59. The van der Waals surface area contributed by atoms with E-state index in [2.05, 4.69) is 26.8 Å². The van der Waals surface area contributed by atoms with Crippen molar-refractivity contribution in [1.29, 1.82) is 0 Å². The Bertz CT molecular complexity index is 464. The van der Waals surface area contributed by atoms with Crippen molar-refractivity contribution in [3.63, 3.8) is 0 Å². The summed E-state index contributed by atoms with van der Waals surface area (Å²) < 4.78 is 7.06. The molecule has 90 valence electrons. The van der Waals surface area contributed by atoms with Gasteiger partial charge >= 0.3 is 0 Å². The summed E-state index contributed by atoms with van der Waals surface area (Å²) >= 11 is 0. The van der Waals surface area contributed by atoms with Crippen molar-refractivity contribution in [2.45, 2.75) is 20.0 Å². The lowest BCUT2D eigenvalue weighted by atomic mass is 10.3. The fourth-order valence-corrected chi connectivity index (χ4v) is 1.55. The number of hydrogen-bond acceptors (Lipinski definition) is 4. The lowest BCUT2D eigenvalue weighted by Crippen LogP contribution is -2.06. The van der Waals surface area contributed by atoms with Gasteiger partial charge in [-0.3, -0.25) is 0 Å². The number of nitrogens with zero attached hydrogens (tertiary/aromatic N) is 3. The molecule has 2 heterocycles. The number of pyridine rings is 1. The zero-order valence-electron chi connectivity index (χ0n) is 10.1. The first-order valence-electron chi connectivity index (χ1n) is 5.57. The van der Waals surface area contributed by atoms with Crippen molar-refractivity contribution < 1.29 is 4.74 Å². The maximum atomic E-state index is 5.01. The lowest BCUT2D eigenvalue weighted by molar-refractivity contribution is 0.397. The predicted octanol–water partition coefficient (Wildman–Crippen LogP) is 1.92. The first-order chi connectivity index (χ1) is 8.33. The number of imidazole rings is 1. The number of anilines is 1. The smallest absolute Gasteiger partial charge is 0.212 e. The molecule has 5 nitrogen and oxygen atoms in total. The molecular formula is C12H16N4O. The molecule has 0 saturated heterocycles. The Balaban J connectivity index is 1.97. The lowest BCUT2D eigenvalue weighted by Gasteiger charge is -2.07. The van der Waals surface area contributed by atoms with Gasteiger partial charge in [-0.25, -0.2) is 9.97 Å². The van der Waals surface area contributed by atoms with E-state index in [1.54, 1.807) is 19.5 Å². The van der Waals surface area contributed by atoms with E-state index < -0.39 is 0 Å². The van der Waals surface area contributed by atoms with E-state index in [-0.39, 0.29) is 0 Å². The van der Waals surface area contributed by atoms with Crippen molar-refractivity contribution in [3.8, 4) is 5.88 Å². The van der Waals surface area contributed by atoms with Crippen LogP contribution in [0.3, 0.4) is 0 Å². The molecule has 0 amide bonds. The first kappa shape index (κ1) is 11.4. The van der Waals surface area contributed by atoms with Gasteiger partial charge in [-0.05, 0) is 12.5 Å². The number of rotatable bonds is 5. The van der Waals surface area contributed by atoms with E-state index in [4.69, 9.17) is 4.74 Å². The van der Waals surface area contributed by atoms with E-state index in [0.717, 1.165) is 18.1 Å². The first-order valence-corrected chi connectivity index (χ1v) is 5.57. The standard InChI is InChI=1S/C12H16N4O/c1-3-16-7-6-13-12(16)15-9-10-4-5-11(17-2)14-8-10/h4-8H,3,9H2,1-2H3,(H,13,15). The molecule has 2 rings (SSSR count). The SMILES string of the molecule is CCn1ccnc1NCc1ccc(OC)nc1. The fourth-order valence-electron chi connectivity index (χ4n) is 1.55. The van der Waals surface area contributed by atoms with Crippen LogP contribution in [0.5, 0.6) is 5.88 Å². The molecule has 17 heavy (non-hydrogen) atoms. The third kappa shape index (κ3) is 2.75. The van der Waals surface area contributed by atoms with Gasteiger partial charge in [0.25, 0.3) is 0 Å². The predicted molar refractivity (Wildman–Crippen MR) is 66.0 cm³/mol. The van der Waals surface area contributed by atoms with E-state index >= 15 is 0 Å². The average Bonchev–Trinajstić information content (AvgIpc) is 2.84. The highest BCUT2D eigenvalue weighted by Gasteiger charge is 2.00. The van der Waals surface area contributed by atoms with Crippen LogP contribution in [-0.4, -0.2) is 21.6 Å². The van der Waals surface area contributed by atoms with Crippen LogP contribution in [0.15, 0.2) is 30.7 Å². The van der Waals surface area contributed by atoms with Crippen molar-refractivity contribution in [2.24, 2.45) is 0 Å². The highest BCUT2D eigenvalue weighted by molar-refractivity contribution is 5.28. The van der Waals surface area contributed by atoms with E-state index in [0.29, 0.717) is 12.4 Å². The van der Waals surface area contributed by atoms with Gasteiger partial charge in [0.15, 0.2) is 0 Å². The minimum Gasteiger partial charge on any atom is -0.481 e. The molecule has 0 atom stereocenters. The average molecular weight is 232 g/mol. The van der Waals surface area contributed by atoms with Gasteiger partial charge in [0.1, 0.15) is 0 Å². The Morgan fingerprint density at radius 3 is 2.88 bits per heavy atom. The third-order valence-electron chi connectivity index (χ3n) is 2.51. The van der Waals surface area contributed by atoms with Crippen LogP contribution in [0.2, 0.25) is 0 Å². The third-order valence-corrected chi connectivity index (χ3v) is 2.51. The number of aryl methyl sites for hydroxylation is 1. The Morgan fingerprint density at radius 2 is 2.24 bits per heavy atom. The zero-order valence-corrected chi connectivity index (χ0v) is 10.1. The largest absolute Gasteiger partial charge is 0.481 e. The highest BCUT2D eigenvalue weighted by atomic mass is 16.5. The van der Waals surface area contributed by atoms with E-state index in [9.17, 15) is 0 Å². The van der Waals surface area contributed by atoms with Crippen molar-refractivity contribution in [2.75, 3.05) is 12.4 Å². The Hall–Kier alpha value is -2.04. The summed E-state index contributed by atoms with van der Waals surface area (Å²) in [6.45, 7) is 3.69. The summed E-state index contributed by atoms with van der Waals surface area (Å²) in [5.41, 5.74) is 1.09. The topological polar surface area (TPSA) is 52.0 Å². The molecule has 0 fully saturated rings. The van der Waals surface area contributed by atoms with Gasteiger partial charge in [-0.2, -0.15) is 0 Å². The molecular weight excluding hydrogens is 216 g/mol. The van der Waals surface area contributed by atoms with E-state index in [1.807, 2.05) is 18.3 Å². The summed E-state index contributed by atoms with van der Waals surface area (Å²) in [6, 6.07) is 3.83. The van der Waals surface area contributed by atoms with Crippen LogP contribution in [0.1, 0.15) is 12.5 Å². The molecule has 0 spiro atoms. The Morgan fingerprint density at radius 1 is 1.35 bits per heavy atom. The molecule has 0 aliphatic heterocycles. The number of methoxy groups -OCH3 is 1. The second-order valence-corrected chi connectivity index (χ2v) is 3.60. The Labute approximate surface area is 100 Å². The molecule has 2 aromatic heterocycles. The van der Waals surface area contributed by atoms with Gasteiger partial charge in [0.05, 0.1) is 7.11 Å². The monoisotopic (exact) mass is 232 g/mol. The van der Waals surface area contributed by atoms with Crippen molar-refractivity contribution in [3.05, 3.63) is 36.3 Å². The van der Waals surface area contributed by atoms with Gasteiger partial charge in [-0.1, -0.05) is 6.07 Å². The van der Waals surface area contributed by atoms with Crippen molar-refractivity contribution in [1.82, 2.24) is 14.5 Å². The van der Waals surface area contributed by atoms with E-state index in [1.165, 1.54) is 0 Å². The minimum atomic E-state index is 0.629. The van der Waals surface area contributed by atoms with Gasteiger partial charge in [-0.15, -0.1) is 0 Å². The van der Waals surface area contributed by atoms with Crippen LogP contribution in [-0.2, 0) is 13.1 Å². The molecule has 0 radical (unpaired) electrons. The van der Waals surface area contributed by atoms with Crippen molar-refractivity contribution >= 4 is 5.95 Å². The molecule has 0 saturated carbocycles. The fraction of sp³-hybridized carbons (Fsp3) is 0.333. The summed E-state index contributed by atoms with van der Waals surface area (Å²) in [4.78, 5) is 8.39. The quantitative estimate of drug-likeness (QED) is 0.855. The molecule has 1 N–H and O–H groups in total. The van der Waals surface area contributed by atoms with Crippen LogP contribution >= 0.6 is 0 Å². The molecule has 0 aromatic carbocycles. The van der Waals surface area contributed by atoms with Gasteiger partial charge in [0.2, 0.25) is 11.8 Å². The highest BCUT2D eigenvalue weighted by Crippen LogP contribution is 2.09. The molecule has 0 unspecified atom stereocenters. The molecule has 2 aromatic rings. The molecule has 0 aliphatic carbocycles.